The smallest absolute Gasteiger partial charge is 0.317 e. The quantitative estimate of drug-likeness (QED) is 0.608. The topological polar surface area (TPSA) is 60.9 Å². The van der Waals surface area contributed by atoms with Crippen molar-refractivity contribution >= 4 is 11.9 Å². The third-order valence-electron chi connectivity index (χ3n) is 1.89. The Morgan fingerprint density at radius 2 is 2.00 bits per heavy atom. The molecule has 1 amide bonds. The van der Waals surface area contributed by atoms with Crippen LogP contribution in [0.4, 0.5) is 0 Å². The maximum Gasteiger partial charge on any atom is 0.317 e. The lowest BCUT2D eigenvalue weighted by Crippen LogP contribution is -2.34. The molecule has 15 heavy (non-hydrogen) atoms. The maximum atomic E-state index is 11.3. The van der Waals surface area contributed by atoms with Crippen molar-refractivity contribution < 1.29 is 14.7 Å². The second-order valence-electron chi connectivity index (χ2n) is 3.46. The molecule has 0 atom stereocenters. The molecule has 0 saturated carbocycles. The van der Waals surface area contributed by atoms with E-state index in [0.29, 0.717) is 19.5 Å². The van der Waals surface area contributed by atoms with E-state index in [-0.39, 0.29) is 12.5 Å². The molecule has 5 heteroatoms. The number of hydrogen-bond donors (Lipinski definition) is 1. The SMILES string of the molecule is C=CCN(CCC(=O)N(C)C)CC(=O)O. The monoisotopic (exact) mass is 214 g/mol. The first-order chi connectivity index (χ1) is 6.97. The van der Waals surface area contributed by atoms with Crippen LogP contribution in [0, 0.1) is 0 Å². The van der Waals surface area contributed by atoms with Crippen molar-refractivity contribution in [1.29, 1.82) is 0 Å². The van der Waals surface area contributed by atoms with Gasteiger partial charge in [-0.2, -0.15) is 0 Å². The van der Waals surface area contributed by atoms with Crippen LogP contribution >= 0.6 is 0 Å². The molecule has 0 aromatic carbocycles. The fourth-order valence-corrected chi connectivity index (χ4v) is 1.09. The van der Waals surface area contributed by atoms with Crippen LogP contribution in [0.25, 0.3) is 0 Å². The molecule has 0 aromatic rings. The third-order valence-corrected chi connectivity index (χ3v) is 1.89. The van der Waals surface area contributed by atoms with Gasteiger partial charge < -0.3 is 10.0 Å². The molecule has 86 valence electrons. The molecule has 0 radical (unpaired) electrons. The number of aliphatic carboxylic acids is 1. The number of carboxylic acids is 1. The van der Waals surface area contributed by atoms with Crippen LogP contribution in [0.2, 0.25) is 0 Å². The number of amides is 1. The Bertz CT molecular complexity index is 239. The van der Waals surface area contributed by atoms with Gasteiger partial charge in [0.05, 0.1) is 6.54 Å². The van der Waals surface area contributed by atoms with Crippen molar-refractivity contribution in [3.63, 3.8) is 0 Å². The minimum Gasteiger partial charge on any atom is -0.480 e. The molecule has 0 saturated heterocycles. The molecular weight excluding hydrogens is 196 g/mol. The summed E-state index contributed by atoms with van der Waals surface area (Å²) in [5.41, 5.74) is 0. The van der Waals surface area contributed by atoms with Crippen molar-refractivity contribution in [2.75, 3.05) is 33.7 Å². The molecule has 0 bridgehead atoms. The largest absolute Gasteiger partial charge is 0.480 e. The number of carbonyl (C=O) groups excluding carboxylic acids is 1. The van der Waals surface area contributed by atoms with Crippen molar-refractivity contribution in [3.05, 3.63) is 12.7 Å². The Labute approximate surface area is 90.0 Å². The number of carboxylic acid groups (broad SMARTS) is 1. The zero-order valence-electron chi connectivity index (χ0n) is 9.27. The van der Waals surface area contributed by atoms with Crippen molar-refractivity contribution in [3.8, 4) is 0 Å². The molecule has 0 spiro atoms. The zero-order valence-corrected chi connectivity index (χ0v) is 9.27. The third kappa shape index (κ3) is 6.68. The summed E-state index contributed by atoms with van der Waals surface area (Å²) in [6.07, 6.45) is 1.96. The van der Waals surface area contributed by atoms with E-state index < -0.39 is 5.97 Å². The number of carbonyl (C=O) groups is 2. The summed E-state index contributed by atoms with van der Waals surface area (Å²) in [4.78, 5) is 24.9. The number of nitrogens with zero attached hydrogens (tertiary/aromatic N) is 2. The fraction of sp³-hybridized carbons (Fsp3) is 0.600. The summed E-state index contributed by atoms with van der Waals surface area (Å²) in [6.45, 7) is 4.40. The van der Waals surface area contributed by atoms with E-state index in [0.717, 1.165) is 0 Å². The minimum absolute atomic E-state index is 0.00514. The average molecular weight is 214 g/mol. The Balaban J connectivity index is 4.00. The highest BCUT2D eigenvalue weighted by Gasteiger charge is 2.11. The molecule has 5 nitrogen and oxygen atoms in total. The highest BCUT2D eigenvalue weighted by Crippen LogP contribution is 1.94. The van der Waals surface area contributed by atoms with Gasteiger partial charge in [0.1, 0.15) is 0 Å². The van der Waals surface area contributed by atoms with Gasteiger partial charge in [0.25, 0.3) is 0 Å². The second kappa shape index (κ2) is 7.00. The van der Waals surface area contributed by atoms with E-state index in [4.69, 9.17) is 5.11 Å². The summed E-state index contributed by atoms with van der Waals surface area (Å²) < 4.78 is 0. The number of hydrogen-bond acceptors (Lipinski definition) is 3. The highest BCUT2D eigenvalue weighted by atomic mass is 16.4. The Morgan fingerprint density at radius 1 is 1.40 bits per heavy atom. The Morgan fingerprint density at radius 3 is 2.40 bits per heavy atom. The van der Waals surface area contributed by atoms with Crippen LogP contribution in [0.5, 0.6) is 0 Å². The van der Waals surface area contributed by atoms with E-state index in [9.17, 15) is 9.59 Å². The molecule has 0 rings (SSSR count). The minimum atomic E-state index is -0.894. The van der Waals surface area contributed by atoms with E-state index >= 15 is 0 Å². The molecule has 1 N–H and O–H groups in total. The maximum absolute atomic E-state index is 11.3. The summed E-state index contributed by atoms with van der Waals surface area (Å²) >= 11 is 0. The van der Waals surface area contributed by atoms with Gasteiger partial charge in [-0.25, -0.2) is 0 Å². The van der Waals surface area contributed by atoms with Gasteiger partial charge in [-0.05, 0) is 0 Å². The Hall–Kier alpha value is -1.36. The molecule has 0 aliphatic rings. The van der Waals surface area contributed by atoms with Crippen LogP contribution < -0.4 is 0 Å². The van der Waals surface area contributed by atoms with E-state index in [2.05, 4.69) is 6.58 Å². The fourth-order valence-electron chi connectivity index (χ4n) is 1.09. The van der Waals surface area contributed by atoms with Gasteiger partial charge in [0, 0.05) is 33.6 Å². The molecular formula is C10H18N2O3. The first kappa shape index (κ1) is 13.6. The van der Waals surface area contributed by atoms with Crippen molar-refractivity contribution in [2.24, 2.45) is 0 Å². The van der Waals surface area contributed by atoms with Crippen LogP contribution in [-0.4, -0.2) is 60.5 Å². The first-order valence-electron chi connectivity index (χ1n) is 4.72. The first-order valence-corrected chi connectivity index (χ1v) is 4.72. The molecule has 0 unspecified atom stereocenters. The van der Waals surface area contributed by atoms with E-state index in [1.165, 1.54) is 4.90 Å². The lowest BCUT2D eigenvalue weighted by atomic mass is 10.3. The summed E-state index contributed by atoms with van der Waals surface area (Å²) in [5, 5.41) is 8.61. The van der Waals surface area contributed by atoms with Gasteiger partial charge in [-0.1, -0.05) is 6.08 Å². The highest BCUT2D eigenvalue weighted by molar-refractivity contribution is 5.75. The lowest BCUT2D eigenvalue weighted by Gasteiger charge is -2.19. The molecule has 0 heterocycles. The second-order valence-corrected chi connectivity index (χ2v) is 3.46. The lowest BCUT2D eigenvalue weighted by molar-refractivity contribution is -0.139. The van der Waals surface area contributed by atoms with E-state index in [1.54, 1.807) is 25.1 Å². The molecule has 0 aliphatic heterocycles. The van der Waals surface area contributed by atoms with Crippen LogP contribution in [-0.2, 0) is 9.59 Å². The van der Waals surface area contributed by atoms with Gasteiger partial charge in [-0.15, -0.1) is 6.58 Å². The Kier molecular flexibility index (Phi) is 6.37. The standard InChI is InChI=1S/C10H18N2O3/c1-4-6-12(8-10(14)15)7-5-9(13)11(2)3/h4H,1,5-8H2,2-3H3,(H,14,15). The van der Waals surface area contributed by atoms with E-state index in [1.807, 2.05) is 0 Å². The van der Waals surface area contributed by atoms with Gasteiger partial charge in [0.2, 0.25) is 5.91 Å². The van der Waals surface area contributed by atoms with Gasteiger partial charge in [0.15, 0.2) is 0 Å². The summed E-state index contributed by atoms with van der Waals surface area (Å²) in [5.74, 6) is -0.899. The summed E-state index contributed by atoms with van der Waals surface area (Å²) in [7, 11) is 3.36. The molecule has 0 aliphatic carbocycles. The predicted octanol–water partition coefficient (Wildman–Crippen LogP) is 0.0373. The van der Waals surface area contributed by atoms with Crippen molar-refractivity contribution in [1.82, 2.24) is 9.80 Å². The predicted molar refractivity (Wildman–Crippen MR) is 57.6 cm³/mol. The molecule has 0 aromatic heterocycles. The van der Waals surface area contributed by atoms with Crippen LogP contribution in [0.15, 0.2) is 12.7 Å². The van der Waals surface area contributed by atoms with Crippen molar-refractivity contribution in [2.45, 2.75) is 6.42 Å². The average Bonchev–Trinajstić information content (AvgIpc) is 2.13. The van der Waals surface area contributed by atoms with Crippen LogP contribution in [0.3, 0.4) is 0 Å². The number of rotatable bonds is 7. The summed E-state index contributed by atoms with van der Waals surface area (Å²) in [6, 6.07) is 0. The zero-order chi connectivity index (χ0) is 11.8. The normalized spacial score (nSPS) is 10.1. The van der Waals surface area contributed by atoms with Crippen LogP contribution in [0.1, 0.15) is 6.42 Å². The molecule has 0 fully saturated rings. The van der Waals surface area contributed by atoms with Gasteiger partial charge >= 0.3 is 5.97 Å². The van der Waals surface area contributed by atoms with Gasteiger partial charge in [-0.3, -0.25) is 14.5 Å².